The van der Waals surface area contributed by atoms with E-state index in [0.29, 0.717) is 24.0 Å². The van der Waals surface area contributed by atoms with Gasteiger partial charge in [0.15, 0.2) is 0 Å². The molecular weight excluding hydrogens is 532 g/mol. The van der Waals surface area contributed by atoms with Crippen LogP contribution in [-0.2, 0) is 23.0 Å². The number of sulfonamides is 1. The van der Waals surface area contributed by atoms with Gasteiger partial charge in [-0.3, -0.25) is 9.52 Å². The summed E-state index contributed by atoms with van der Waals surface area (Å²) in [7, 11) is -2.62. The third-order valence-corrected chi connectivity index (χ3v) is 8.51. The van der Waals surface area contributed by atoms with E-state index in [2.05, 4.69) is 21.9 Å². The summed E-state index contributed by atoms with van der Waals surface area (Å²) in [6.07, 6.45) is 5.22. The number of ether oxygens (including phenoxy) is 1. The lowest BCUT2D eigenvalue weighted by Gasteiger charge is -2.11. The van der Waals surface area contributed by atoms with Crippen LogP contribution in [-0.4, -0.2) is 36.9 Å². The number of thiophene rings is 1. The second-order valence-electron chi connectivity index (χ2n) is 9.18. The van der Waals surface area contributed by atoms with Gasteiger partial charge in [0.05, 0.1) is 13.3 Å². The molecule has 0 radical (unpaired) electrons. The summed E-state index contributed by atoms with van der Waals surface area (Å²) in [5.41, 5.74) is 3.68. The Morgan fingerprint density at radius 2 is 1.77 bits per heavy atom. The first kappa shape index (κ1) is 28.4. The van der Waals surface area contributed by atoms with E-state index >= 15 is 0 Å². The molecule has 2 aromatic carbocycles. The van der Waals surface area contributed by atoms with E-state index in [9.17, 15) is 13.2 Å². The molecule has 0 aliphatic carbocycles. The van der Waals surface area contributed by atoms with Crippen molar-refractivity contribution in [1.29, 1.82) is 0 Å². The lowest BCUT2D eigenvalue weighted by Crippen LogP contribution is -2.34. The largest absolute Gasteiger partial charge is 0.480 e. The molecule has 0 spiro atoms. The number of anilines is 1. The third kappa shape index (κ3) is 7.07. The molecule has 0 unspecified atom stereocenters. The maximum Gasteiger partial charge on any atom is 0.357 e. The Kier molecular flexibility index (Phi) is 9.42. The number of carbonyl (C=O) groups is 1. The fourth-order valence-corrected chi connectivity index (χ4v) is 6.41. The molecule has 0 saturated carbocycles. The average Bonchev–Trinajstić information content (AvgIpc) is 3.53. The lowest BCUT2D eigenvalue weighted by molar-refractivity contribution is 0.258. The van der Waals surface area contributed by atoms with Gasteiger partial charge in [-0.15, -0.1) is 11.3 Å². The number of unbranched alkanes of at least 4 members (excludes halogenated alkanes) is 1. The molecule has 1 amide bonds. The van der Waals surface area contributed by atoms with Gasteiger partial charge >= 0.3 is 15.3 Å². The van der Waals surface area contributed by atoms with Gasteiger partial charge in [0.2, 0.25) is 5.88 Å². The summed E-state index contributed by atoms with van der Waals surface area (Å²) in [6, 6.07) is 19.9. The fraction of sp³-hybridized carbons (Fsp3) is 0.310. The number of benzene rings is 2. The summed E-state index contributed by atoms with van der Waals surface area (Å²) in [6.45, 7) is 4.97. The number of aromatic nitrogens is 2. The van der Waals surface area contributed by atoms with Crippen LogP contribution in [0.1, 0.15) is 43.6 Å². The second-order valence-corrected chi connectivity index (χ2v) is 11.9. The molecule has 39 heavy (non-hydrogen) atoms. The molecule has 0 fully saturated rings. The Morgan fingerprint density at radius 3 is 2.44 bits per heavy atom. The van der Waals surface area contributed by atoms with Crippen LogP contribution in [0.15, 0.2) is 66.9 Å². The number of rotatable bonds is 12. The highest BCUT2D eigenvalue weighted by atomic mass is 32.2. The van der Waals surface area contributed by atoms with Crippen molar-refractivity contribution in [3.8, 4) is 28.4 Å². The number of hydrogen-bond donors (Lipinski definition) is 2. The van der Waals surface area contributed by atoms with Crippen molar-refractivity contribution in [1.82, 2.24) is 14.9 Å². The standard InChI is InChI=1S/C29H34N4O4S2/c1-4-6-17-30-29(34)39(35,36)32-28-25(18-24(38-28)10-5-2)22-15-13-21(14-16-22)19-33-20-26(37-3)31-27(33)23-11-8-7-9-12-23/h7-9,11-16,18,20,32H,4-6,10,17,19H2,1-3H3,(H,30,34). The molecule has 0 aliphatic heterocycles. The molecule has 0 atom stereocenters. The van der Waals surface area contributed by atoms with Crippen LogP contribution in [0.25, 0.3) is 22.5 Å². The number of carbonyl (C=O) groups excluding carboxylic acids is 1. The third-order valence-electron chi connectivity index (χ3n) is 6.16. The maximum absolute atomic E-state index is 12.7. The predicted molar refractivity (Wildman–Crippen MR) is 158 cm³/mol. The first-order chi connectivity index (χ1) is 18.8. The summed E-state index contributed by atoms with van der Waals surface area (Å²) in [5.74, 6) is 1.36. The maximum atomic E-state index is 12.7. The molecule has 4 aromatic rings. The molecule has 4 rings (SSSR count). The molecule has 10 heteroatoms. The van der Waals surface area contributed by atoms with E-state index in [0.717, 1.165) is 58.6 Å². The van der Waals surface area contributed by atoms with Crippen molar-refractivity contribution in [3.63, 3.8) is 0 Å². The zero-order chi connectivity index (χ0) is 27.8. The van der Waals surface area contributed by atoms with Crippen molar-refractivity contribution in [2.75, 3.05) is 18.4 Å². The quantitative estimate of drug-likeness (QED) is 0.190. The topological polar surface area (TPSA) is 102 Å². The van der Waals surface area contributed by atoms with E-state index in [1.165, 1.54) is 11.3 Å². The summed E-state index contributed by atoms with van der Waals surface area (Å²) >= 11 is 1.37. The number of hydrogen-bond acceptors (Lipinski definition) is 6. The van der Waals surface area contributed by atoms with Crippen LogP contribution in [0.5, 0.6) is 5.88 Å². The van der Waals surface area contributed by atoms with Gasteiger partial charge < -0.3 is 14.6 Å². The van der Waals surface area contributed by atoms with Crippen LogP contribution in [0.3, 0.4) is 0 Å². The van der Waals surface area contributed by atoms with Gasteiger partial charge in [0.25, 0.3) is 0 Å². The van der Waals surface area contributed by atoms with E-state index in [4.69, 9.17) is 4.74 Å². The Labute approximate surface area is 234 Å². The SMILES string of the molecule is CCCCNC(=O)S(=O)(=O)Nc1sc(CCC)cc1-c1ccc(Cn2cc(OC)nc2-c2ccccc2)cc1. The van der Waals surface area contributed by atoms with Gasteiger partial charge in [-0.2, -0.15) is 13.4 Å². The van der Waals surface area contributed by atoms with Gasteiger partial charge in [-0.1, -0.05) is 81.3 Å². The van der Waals surface area contributed by atoms with E-state index in [1.807, 2.05) is 78.4 Å². The molecule has 206 valence electrons. The van der Waals surface area contributed by atoms with Crippen LogP contribution >= 0.6 is 11.3 Å². The zero-order valence-electron chi connectivity index (χ0n) is 22.4. The molecule has 8 nitrogen and oxygen atoms in total. The molecule has 2 heterocycles. The van der Waals surface area contributed by atoms with E-state index in [1.54, 1.807) is 7.11 Å². The number of methoxy groups -OCH3 is 1. The van der Waals surface area contributed by atoms with Crippen LogP contribution < -0.4 is 14.8 Å². The zero-order valence-corrected chi connectivity index (χ0v) is 24.1. The van der Waals surface area contributed by atoms with Crippen LogP contribution in [0, 0.1) is 0 Å². The first-order valence-electron chi connectivity index (χ1n) is 13.0. The van der Waals surface area contributed by atoms with Crippen molar-refractivity contribution in [2.24, 2.45) is 0 Å². The Bertz CT molecular complexity index is 1490. The minimum Gasteiger partial charge on any atom is -0.480 e. The highest BCUT2D eigenvalue weighted by molar-refractivity contribution is 8.07. The molecular formula is C29H34N4O4S2. The van der Waals surface area contributed by atoms with Crippen molar-refractivity contribution >= 4 is 31.6 Å². The average molecular weight is 567 g/mol. The first-order valence-corrected chi connectivity index (χ1v) is 15.3. The molecule has 0 saturated heterocycles. The number of aryl methyl sites for hydroxylation is 1. The summed E-state index contributed by atoms with van der Waals surface area (Å²) in [5, 5.41) is 1.93. The Morgan fingerprint density at radius 1 is 1.03 bits per heavy atom. The monoisotopic (exact) mass is 566 g/mol. The summed E-state index contributed by atoms with van der Waals surface area (Å²) < 4.78 is 35.4. The number of imidazole rings is 1. The molecule has 0 bridgehead atoms. The van der Waals surface area contributed by atoms with Crippen LogP contribution in [0.2, 0.25) is 0 Å². The van der Waals surface area contributed by atoms with Crippen molar-refractivity contribution < 1.29 is 17.9 Å². The number of nitrogens with zero attached hydrogens (tertiary/aromatic N) is 2. The fourth-order valence-electron chi connectivity index (χ4n) is 4.15. The minimum absolute atomic E-state index is 0.324. The van der Waals surface area contributed by atoms with E-state index in [-0.39, 0.29) is 0 Å². The van der Waals surface area contributed by atoms with Crippen molar-refractivity contribution in [2.45, 2.75) is 46.1 Å². The van der Waals surface area contributed by atoms with Crippen LogP contribution in [0.4, 0.5) is 9.80 Å². The van der Waals surface area contributed by atoms with Gasteiger partial charge in [0, 0.05) is 29.1 Å². The van der Waals surface area contributed by atoms with E-state index < -0.39 is 15.3 Å². The molecule has 2 aromatic heterocycles. The number of amides is 1. The van der Waals surface area contributed by atoms with Gasteiger partial charge in [-0.25, -0.2) is 0 Å². The smallest absolute Gasteiger partial charge is 0.357 e. The van der Waals surface area contributed by atoms with Gasteiger partial charge in [0.1, 0.15) is 10.8 Å². The van der Waals surface area contributed by atoms with Crippen molar-refractivity contribution in [3.05, 3.63) is 77.3 Å². The number of nitrogens with one attached hydrogen (secondary N) is 2. The predicted octanol–water partition coefficient (Wildman–Crippen LogP) is 6.54. The highest BCUT2D eigenvalue weighted by Crippen LogP contribution is 2.38. The van der Waals surface area contributed by atoms with Gasteiger partial charge in [-0.05, 0) is 30.0 Å². The lowest BCUT2D eigenvalue weighted by atomic mass is 10.1. The minimum atomic E-state index is -4.22. The molecule has 0 aliphatic rings. The Hall–Kier alpha value is -3.63. The summed E-state index contributed by atoms with van der Waals surface area (Å²) in [4.78, 5) is 18.0. The normalized spacial score (nSPS) is 11.4. The highest BCUT2D eigenvalue weighted by Gasteiger charge is 2.24. The second kappa shape index (κ2) is 12.9. The molecule has 2 N–H and O–H groups in total. The Balaban J connectivity index is 1.58.